The van der Waals surface area contributed by atoms with Gasteiger partial charge in [0.05, 0.1) is 7.11 Å². The lowest BCUT2D eigenvalue weighted by molar-refractivity contribution is -0.142. The molecule has 3 aromatic carbocycles. The topological polar surface area (TPSA) is 76.1 Å². The van der Waals surface area contributed by atoms with Crippen molar-refractivity contribution in [3.63, 3.8) is 0 Å². The van der Waals surface area contributed by atoms with Gasteiger partial charge in [-0.05, 0) is 39.9 Å². The largest absolute Gasteiger partial charge is 0.497 e. The molecule has 3 aromatic rings. The van der Waals surface area contributed by atoms with Crippen molar-refractivity contribution in [3.05, 3.63) is 89.5 Å². The van der Waals surface area contributed by atoms with Crippen LogP contribution in [0, 0.1) is 0 Å². The fourth-order valence-electron chi connectivity index (χ4n) is 4.20. The fraction of sp³-hybridized carbons (Fsp3) is 0.231. The maximum Gasteiger partial charge on any atom is 0.410 e. The molecule has 0 heterocycles. The first-order valence-electron chi connectivity index (χ1n) is 10.4. The van der Waals surface area contributed by atoms with Gasteiger partial charge in [-0.1, -0.05) is 60.7 Å². The Bertz CT molecular complexity index is 1080. The van der Waals surface area contributed by atoms with Crippen molar-refractivity contribution in [1.82, 2.24) is 4.90 Å². The Hall–Kier alpha value is -3.80. The smallest absolute Gasteiger partial charge is 0.410 e. The number of fused-ring (bicyclic) bond motifs is 3. The molecule has 32 heavy (non-hydrogen) atoms. The maximum absolute atomic E-state index is 12.8. The molecule has 0 spiro atoms. The van der Waals surface area contributed by atoms with Crippen LogP contribution in [0.15, 0.2) is 72.8 Å². The van der Waals surface area contributed by atoms with E-state index in [9.17, 15) is 14.7 Å². The average molecular weight is 431 g/mol. The molecule has 4 rings (SSSR count). The van der Waals surface area contributed by atoms with Crippen LogP contribution in [0.25, 0.3) is 11.1 Å². The van der Waals surface area contributed by atoms with Crippen LogP contribution in [0.3, 0.4) is 0 Å². The van der Waals surface area contributed by atoms with Crippen LogP contribution >= 0.6 is 0 Å². The Balaban J connectivity index is 1.46. The van der Waals surface area contributed by atoms with E-state index in [1.165, 1.54) is 7.05 Å². The zero-order valence-electron chi connectivity index (χ0n) is 18.0. The molecule has 0 bridgehead atoms. The van der Waals surface area contributed by atoms with Crippen LogP contribution in [-0.2, 0) is 16.0 Å². The van der Waals surface area contributed by atoms with Crippen molar-refractivity contribution in [1.29, 1.82) is 0 Å². The Morgan fingerprint density at radius 3 is 2.03 bits per heavy atom. The maximum atomic E-state index is 12.8. The predicted molar refractivity (Wildman–Crippen MR) is 121 cm³/mol. The number of aliphatic carboxylic acids is 1. The zero-order valence-corrected chi connectivity index (χ0v) is 18.0. The third kappa shape index (κ3) is 4.17. The summed E-state index contributed by atoms with van der Waals surface area (Å²) in [6.07, 6.45) is -0.493. The van der Waals surface area contributed by atoms with Crippen molar-refractivity contribution < 1.29 is 24.2 Å². The zero-order chi connectivity index (χ0) is 22.7. The van der Waals surface area contributed by atoms with Gasteiger partial charge in [0.25, 0.3) is 0 Å². The van der Waals surface area contributed by atoms with Crippen molar-refractivity contribution >= 4 is 12.1 Å². The number of rotatable bonds is 7. The summed E-state index contributed by atoms with van der Waals surface area (Å²) >= 11 is 0. The van der Waals surface area contributed by atoms with Gasteiger partial charge < -0.3 is 14.6 Å². The average Bonchev–Trinajstić information content (AvgIpc) is 3.14. The second kappa shape index (κ2) is 9.14. The van der Waals surface area contributed by atoms with E-state index in [-0.39, 0.29) is 18.9 Å². The van der Waals surface area contributed by atoms with E-state index < -0.39 is 18.1 Å². The summed E-state index contributed by atoms with van der Waals surface area (Å²) in [5.41, 5.74) is 5.28. The number of hydrogen-bond donors (Lipinski definition) is 1. The molecule has 6 nitrogen and oxygen atoms in total. The van der Waals surface area contributed by atoms with E-state index in [0.29, 0.717) is 5.75 Å². The van der Waals surface area contributed by atoms with Crippen molar-refractivity contribution in [2.75, 3.05) is 20.8 Å². The van der Waals surface area contributed by atoms with Crippen LogP contribution in [0.4, 0.5) is 4.79 Å². The Morgan fingerprint density at radius 2 is 1.50 bits per heavy atom. The number of hydrogen-bond acceptors (Lipinski definition) is 4. The van der Waals surface area contributed by atoms with Gasteiger partial charge in [-0.25, -0.2) is 9.59 Å². The van der Waals surface area contributed by atoms with E-state index >= 15 is 0 Å². The SMILES string of the molecule is COc1ccc(C[C@@H](C(=O)O)N(C)C(=O)OCC2c3ccccc3-c3ccccc32)cc1. The molecule has 0 aliphatic heterocycles. The van der Waals surface area contributed by atoms with Crippen LogP contribution in [0.5, 0.6) is 5.75 Å². The van der Waals surface area contributed by atoms with Crippen LogP contribution in [0.2, 0.25) is 0 Å². The second-order valence-electron chi connectivity index (χ2n) is 7.82. The van der Waals surface area contributed by atoms with Gasteiger partial charge in [0.2, 0.25) is 0 Å². The molecule has 6 heteroatoms. The first-order chi connectivity index (χ1) is 15.5. The number of carbonyl (C=O) groups is 2. The van der Waals surface area contributed by atoms with E-state index in [1.807, 2.05) is 36.4 Å². The van der Waals surface area contributed by atoms with Gasteiger partial charge >= 0.3 is 12.1 Å². The third-order valence-corrected chi connectivity index (χ3v) is 5.96. The molecule has 0 aromatic heterocycles. The Labute approximate surface area is 187 Å². The van der Waals surface area contributed by atoms with Crippen molar-refractivity contribution in [3.8, 4) is 16.9 Å². The molecule has 1 aliphatic rings. The van der Waals surface area contributed by atoms with Crippen LogP contribution in [0.1, 0.15) is 22.6 Å². The highest BCUT2D eigenvalue weighted by molar-refractivity contribution is 5.81. The molecule has 0 radical (unpaired) electrons. The summed E-state index contributed by atoms with van der Waals surface area (Å²) in [6, 6.07) is 22.2. The molecule has 0 saturated heterocycles. The fourth-order valence-corrected chi connectivity index (χ4v) is 4.20. The van der Waals surface area contributed by atoms with Crippen LogP contribution in [-0.4, -0.2) is 48.9 Å². The van der Waals surface area contributed by atoms with E-state index in [0.717, 1.165) is 32.7 Å². The number of likely N-dealkylation sites (N-methyl/N-ethyl adjacent to an activating group) is 1. The molecule has 164 valence electrons. The number of benzene rings is 3. The number of nitrogens with zero attached hydrogens (tertiary/aromatic N) is 1. The standard InChI is InChI=1S/C26H25NO5/c1-27(24(25(28)29)15-17-11-13-18(31-2)14-12-17)26(30)32-16-23-21-9-5-3-7-19(21)20-8-4-6-10-22(20)23/h3-14,23-24H,15-16H2,1-2H3,(H,28,29)/t24-/m0/s1. The van der Waals surface area contributed by atoms with Crippen molar-refractivity contribution in [2.45, 2.75) is 18.4 Å². The van der Waals surface area contributed by atoms with Crippen LogP contribution < -0.4 is 4.74 Å². The van der Waals surface area contributed by atoms with Crippen molar-refractivity contribution in [2.24, 2.45) is 0 Å². The van der Waals surface area contributed by atoms with E-state index in [1.54, 1.807) is 31.4 Å². The number of carbonyl (C=O) groups excluding carboxylic acids is 1. The quantitative estimate of drug-likeness (QED) is 0.593. The van der Waals surface area contributed by atoms with Gasteiger partial charge in [0.1, 0.15) is 18.4 Å². The second-order valence-corrected chi connectivity index (χ2v) is 7.82. The van der Waals surface area contributed by atoms with Gasteiger partial charge in [-0.2, -0.15) is 0 Å². The summed E-state index contributed by atoms with van der Waals surface area (Å²) < 4.78 is 10.7. The highest BCUT2D eigenvalue weighted by Crippen LogP contribution is 2.44. The molecular weight excluding hydrogens is 406 g/mol. The Kier molecular flexibility index (Phi) is 6.12. The Morgan fingerprint density at radius 1 is 0.938 bits per heavy atom. The molecule has 0 unspecified atom stereocenters. The lowest BCUT2D eigenvalue weighted by atomic mass is 9.98. The highest BCUT2D eigenvalue weighted by atomic mass is 16.6. The molecule has 0 saturated carbocycles. The molecule has 0 fully saturated rings. The first-order valence-corrected chi connectivity index (χ1v) is 10.4. The number of carboxylic acids is 1. The highest BCUT2D eigenvalue weighted by Gasteiger charge is 2.32. The summed E-state index contributed by atoms with van der Waals surface area (Å²) in [6.45, 7) is 0.145. The number of carboxylic acid groups (broad SMARTS) is 1. The van der Waals surface area contributed by atoms with Gasteiger partial charge in [-0.15, -0.1) is 0 Å². The lowest BCUT2D eigenvalue weighted by Crippen LogP contribution is -2.44. The van der Waals surface area contributed by atoms with E-state index in [4.69, 9.17) is 9.47 Å². The summed E-state index contributed by atoms with van der Waals surface area (Å²) in [5.74, 6) is -0.480. The first kappa shape index (κ1) is 21.4. The van der Waals surface area contributed by atoms with Gasteiger partial charge in [-0.3, -0.25) is 4.90 Å². The number of methoxy groups -OCH3 is 1. The molecule has 1 N–H and O–H groups in total. The molecule has 1 atom stereocenters. The minimum Gasteiger partial charge on any atom is -0.497 e. The van der Waals surface area contributed by atoms with Gasteiger partial charge in [0.15, 0.2) is 0 Å². The normalized spacial score (nSPS) is 13.1. The number of ether oxygens (including phenoxy) is 2. The monoisotopic (exact) mass is 431 g/mol. The minimum absolute atomic E-state index is 0.0791. The number of amides is 1. The lowest BCUT2D eigenvalue weighted by Gasteiger charge is -2.25. The summed E-state index contributed by atoms with van der Waals surface area (Å²) in [5, 5.41) is 9.72. The summed E-state index contributed by atoms with van der Waals surface area (Å²) in [7, 11) is 3.03. The van der Waals surface area contributed by atoms with E-state index in [2.05, 4.69) is 12.1 Å². The minimum atomic E-state index is -1.09. The molecular formula is C26H25NO5. The third-order valence-electron chi connectivity index (χ3n) is 5.96. The summed E-state index contributed by atoms with van der Waals surface area (Å²) in [4.78, 5) is 25.8. The molecule has 1 aliphatic carbocycles. The predicted octanol–water partition coefficient (Wildman–Crippen LogP) is 4.57. The molecule has 1 amide bonds. The van der Waals surface area contributed by atoms with Gasteiger partial charge in [0, 0.05) is 19.4 Å².